The summed E-state index contributed by atoms with van der Waals surface area (Å²) in [5, 5.41) is 1.20. The molecule has 1 heterocycles. The molecule has 1 aromatic rings. The first-order valence-electron chi connectivity index (χ1n) is 8.20. The van der Waals surface area contributed by atoms with Crippen LogP contribution >= 0.6 is 27.3 Å². The summed E-state index contributed by atoms with van der Waals surface area (Å²) < 4.78 is 5.80. The van der Waals surface area contributed by atoms with E-state index in [0.717, 1.165) is 15.9 Å². The van der Waals surface area contributed by atoms with Crippen LogP contribution in [0.15, 0.2) is 3.79 Å². The SMILES string of the molecule is CCN(c1sc(Br)c(C(=O)OC)c1C)C1CCC(N(C)C)CC1. The van der Waals surface area contributed by atoms with Crippen molar-refractivity contribution in [3.05, 3.63) is 14.9 Å². The second kappa shape index (κ2) is 7.99. The minimum atomic E-state index is -0.260. The van der Waals surface area contributed by atoms with Gasteiger partial charge in [0.15, 0.2) is 0 Å². The molecular formula is C17H27BrN2O2S. The summed E-state index contributed by atoms with van der Waals surface area (Å²) in [5.41, 5.74) is 1.71. The van der Waals surface area contributed by atoms with Gasteiger partial charge >= 0.3 is 5.97 Å². The van der Waals surface area contributed by atoms with E-state index in [1.807, 2.05) is 6.92 Å². The summed E-state index contributed by atoms with van der Waals surface area (Å²) in [6, 6.07) is 1.26. The van der Waals surface area contributed by atoms with E-state index >= 15 is 0 Å². The second-order valence-corrected chi connectivity index (χ2v) is 8.70. The van der Waals surface area contributed by atoms with Gasteiger partial charge in [0.25, 0.3) is 0 Å². The Morgan fingerprint density at radius 2 is 1.83 bits per heavy atom. The Morgan fingerprint density at radius 1 is 1.26 bits per heavy atom. The fourth-order valence-corrected chi connectivity index (χ4v) is 5.61. The van der Waals surface area contributed by atoms with Gasteiger partial charge in [-0.2, -0.15) is 0 Å². The maximum atomic E-state index is 12.0. The highest BCUT2D eigenvalue weighted by molar-refractivity contribution is 9.11. The quantitative estimate of drug-likeness (QED) is 0.687. The highest BCUT2D eigenvalue weighted by atomic mass is 79.9. The van der Waals surface area contributed by atoms with Crippen LogP contribution < -0.4 is 4.90 Å². The van der Waals surface area contributed by atoms with Crippen molar-refractivity contribution < 1.29 is 9.53 Å². The fraction of sp³-hybridized carbons (Fsp3) is 0.706. The summed E-state index contributed by atoms with van der Waals surface area (Å²) >= 11 is 5.19. The van der Waals surface area contributed by atoms with Gasteiger partial charge in [0, 0.05) is 18.6 Å². The molecule has 1 aliphatic carbocycles. The normalized spacial score (nSPS) is 21.5. The Bertz CT molecular complexity index is 551. The molecule has 0 bridgehead atoms. The number of methoxy groups -OCH3 is 1. The third-order valence-corrected chi connectivity index (χ3v) is 6.91. The molecule has 2 rings (SSSR count). The minimum Gasteiger partial charge on any atom is -0.465 e. The first kappa shape index (κ1) is 18.7. The van der Waals surface area contributed by atoms with Crippen LogP contribution in [0, 0.1) is 6.92 Å². The Kier molecular flexibility index (Phi) is 6.51. The number of rotatable bonds is 5. The zero-order chi connectivity index (χ0) is 17.1. The summed E-state index contributed by atoms with van der Waals surface area (Å²) in [6.45, 7) is 5.19. The minimum absolute atomic E-state index is 0.260. The number of ether oxygens (including phenoxy) is 1. The van der Waals surface area contributed by atoms with Crippen molar-refractivity contribution in [2.75, 3.05) is 32.6 Å². The second-order valence-electron chi connectivity index (χ2n) is 6.38. The topological polar surface area (TPSA) is 32.8 Å². The third kappa shape index (κ3) is 3.91. The number of thiophene rings is 1. The number of nitrogens with zero attached hydrogens (tertiary/aromatic N) is 2. The first-order chi connectivity index (χ1) is 10.9. The lowest BCUT2D eigenvalue weighted by molar-refractivity contribution is 0.0599. The standard InChI is InChI=1S/C17H27BrN2O2S/c1-6-20(13-9-7-12(8-10-13)19(3)4)16-11(2)14(15(18)23-16)17(21)22-5/h12-13H,6-10H2,1-5H3. The van der Waals surface area contributed by atoms with Crippen LogP contribution in [0.4, 0.5) is 5.00 Å². The highest BCUT2D eigenvalue weighted by Crippen LogP contribution is 2.41. The van der Waals surface area contributed by atoms with Crippen LogP contribution in [-0.4, -0.2) is 50.7 Å². The van der Waals surface area contributed by atoms with E-state index in [2.05, 4.69) is 46.7 Å². The maximum absolute atomic E-state index is 12.0. The van der Waals surface area contributed by atoms with Gasteiger partial charge in [-0.05, 0) is 75.1 Å². The van der Waals surface area contributed by atoms with Gasteiger partial charge in [0.05, 0.1) is 21.5 Å². The number of hydrogen-bond donors (Lipinski definition) is 0. The summed E-state index contributed by atoms with van der Waals surface area (Å²) in [7, 11) is 5.78. The first-order valence-corrected chi connectivity index (χ1v) is 9.81. The third-order valence-electron chi connectivity index (χ3n) is 4.91. The Balaban J connectivity index is 2.21. The molecule has 1 fully saturated rings. The predicted octanol–water partition coefficient (Wildman–Crippen LogP) is 4.30. The summed E-state index contributed by atoms with van der Waals surface area (Å²) in [4.78, 5) is 16.8. The number of carbonyl (C=O) groups is 1. The summed E-state index contributed by atoms with van der Waals surface area (Å²) in [6.07, 6.45) is 4.89. The van der Waals surface area contributed by atoms with Crippen LogP contribution in [0.5, 0.6) is 0 Å². The van der Waals surface area contributed by atoms with Gasteiger partial charge in [-0.15, -0.1) is 11.3 Å². The van der Waals surface area contributed by atoms with Crippen molar-refractivity contribution in [3.63, 3.8) is 0 Å². The molecule has 0 saturated heterocycles. The molecule has 4 nitrogen and oxygen atoms in total. The molecule has 23 heavy (non-hydrogen) atoms. The Morgan fingerprint density at radius 3 is 2.30 bits per heavy atom. The molecule has 1 saturated carbocycles. The molecule has 0 radical (unpaired) electrons. The van der Waals surface area contributed by atoms with Crippen LogP contribution in [0.1, 0.15) is 48.5 Å². The molecule has 0 N–H and O–H groups in total. The van der Waals surface area contributed by atoms with Crippen LogP contribution in [-0.2, 0) is 4.74 Å². The van der Waals surface area contributed by atoms with E-state index in [1.165, 1.54) is 37.8 Å². The van der Waals surface area contributed by atoms with E-state index in [4.69, 9.17) is 4.74 Å². The van der Waals surface area contributed by atoms with Crippen molar-refractivity contribution in [1.29, 1.82) is 0 Å². The number of halogens is 1. The van der Waals surface area contributed by atoms with Crippen molar-refractivity contribution in [1.82, 2.24) is 4.90 Å². The van der Waals surface area contributed by atoms with Crippen LogP contribution in [0.2, 0.25) is 0 Å². The number of hydrogen-bond acceptors (Lipinski definition) is 5. The summed E-state index contributed by atoms with van der Waals surface area (Å²) in [5.74, 6) is -0.260. The molecule has 130 valence electrons. The van der Waals surface area contributed by atoms with E-state index in [-0.39, 0.29) is 5.97 Å². The molecule has 0 amide bonds. The maximum Gasteiger partial charge on any atom is 0.340 e. The number of anilines is 1. The Labute approximate surface area is 151 Å². The van der Waals surface area contributed by atoms with Gasteiger partial charge < -0.3 is 14.5 Å². The van der Waals surface area contributed by atoms with Gasteiger partial charge in [0.2, 0.25) is 0 Å². The molecule has 1 aromatic heterocycles. The van der Waals surface area contributed by atoms with Gasteiger partial charge in [-0.1, -0.05) is 0 Å². The zero-order valence-electron chi connectivity index (χ0n) is 14.7. The smallest absolute Gasteiger partial charge is 0.340 e. The molecule has 0 aliphatic heterocycles. The molecule has 6 heteroatoms. The van der Waals surface area contributed by atoms with Gasteiger partial charge in [-0.25, -0.2) is 4.79 Å². The fourth-order valence-electron chi connectivity index (χ4n) is 3.53. The average Bonchev–Trinajstić information content (AvgIpc) is 2.83. The highest BCUT2D eigenvalue weighted by Gasteiger charge is 2.30. The molecule has 0 atom stereocenters. The average molecular weight is 403 g/mol. The molecular weight excluding hydrogens is 376 g/mol. The van der Waals surface area contributed by atoms with Gasteiger partial charge in [-0.3, -0.25) is 0 Å². The Hall–Kier alpha value is -0.590. The lowest BCUT2D eigenvalue weighted by Crippen LogP contribution is -2.42. The molecule has 0 unspecified atom stereocenters. The van der Waals surface area contributed by atoms with E-state index in [0.29, 0.717) is 17.6 Å². The van der Waals surface area contributed by atoms with Crippen LogP contribution in [0.25, 0.3) is 0 Å². The van der Waals surface area contributed by atoms with Crippen LogP contribution in [0.3, 0.4) is 0 Å². The van der Waals surface area contributed by atoms with Crippen molar-refractivity contribution in [2.45, 2.75) is 51.6 Å². The van der Waals surface area contributed by atoms with Crippen molar-refractivity contribution >= 4 is 38.2 Å². The molecule has 0 spiro atoms. The monoisotopic (exact) mass is 402 g/mol. The predicted molar refractivity (Wildman–Crippen MR) is 101 cm³/mol. The lowest BCUT2D eigenvalue weighted by Gasteiger charge is -2.39. The van der Waals surface area contributed by atoms with Crippen molar-refractivity contribution in [3.8, 4) is 0 Å². The molecule has 1 aliphatic rings. The van der Waals surface area contributed by atoms with Gasteiger partial charge in [0.1, 0.15) is 0 Å². The zero-order valence-corrected chi connectivity index (χ0v) is 17.1. The largest absolute Gasteiger partial charge is 0.465 e. The number of carbonyl (C=O) groups excluding carboxylic acids is 1. The van der Waals surface area contributed by atoms with E-state index in [9.17, 15) is 4.79 Å². The molecule has 0 aromatic carbocycles. The number of esters is 1. The van der Waals surface area contributed by atoms with Crippen molar-refractivity contribution in [2.24, 2.45) is 0 Å². The lowest BCUT2D eigenvalue weighted by atomic mass is 9.89. The van der Waals surface area contributed by atoms with E-state index in [1.54, 1.807) is 11.3 Å². The van der Waals surface area contributed by atoms with E-state index < -0.39 is 0 Å².